The SMILES string of the molecule is COc1cc(CNC(=O)NC(c2ccc(F)cc2)C2CCCO2)ccc1O. The highest BCUT2D eigenvalue weighted by molar-refractivity contribution is 5.74. The van der Waals surface area contributed by atoms with Crippen molar-refractivity contribution >= 4 is 6.03 Å². The Morgan fingerprint density at radius 1 is 1.33 bits per heavy atom. The van der Waals surface area contributed by atoms with Gasteiger partial charge in [0.2, 0.25) is 0 Å². The van der Waals surface area contributed by atoms with Crippen molar-refractivity contribution in [3.8, 4) is 11.5 Å². The highest BCUT2D eigenvalue weighted by Crippen LogP contribution is 2.28. The Kier molecular flexibility index (Phi) is 6.13. The molecule has 2 amide bonds. The molecule has 0 spiro atoms. The molecule has 7 heteroatoms. The molecule has 0 aliphatic carbocycles. The molecule has 0 aromatic heterocycles. The van der Waals surface area contributed by atoms with Gasteiger partial charge in [-0.15, -0.1) is 0 Å². The smallest absolute Gasteiger partial charge is 0.315 e. The quantitative estimate of drug-likeness (QED) is 0.725. The lowest BCUT2D eigenvalue weighted by Crippen LogP contribution is -2.42. The van der Waals surface area contributed by atoms with Crippen LogP contribution in [0.4, 0.5) is 9.18 Å². The highest BCUT2D eigenvalue weighted by atomic mass is 19.1. The minimum Gasteiger partial charge on any atom is -0.504 e. The monoisotopic (exact) mass is 374 g/mol. The molecule has 1 aliphatic heterocycles. The Morgan fingerprint density at radius 2 is 2.11 bits per heavy atom. The molecule has 3 rings (SSSR count). The van der Waals surface area contributed by atoms with E-state index in [2.05, 4.69) is 10.6 Å². The lowest BCUT2D eigenvalue weighted by molar-refractivity contribution is 0.0807. The van der Waals surface area contributed by atoms with Gasteiger partial charge in [0.15, 0.2) is 11.5 Å². The summed E-state index contributed by atoms with van der Waals surface area (Å²) in [4.78, 5) is 12.4. The standard InChI is InChI=1S/C20H23FN2O4/c1-26-18-11-13(4-9-16(18)24)12-22-20(25)23-19(17-3-2-10-27-17)14-5-7-15(21)8-6-14/h4-9,11,17,19,24H,2-3,10,12H2,1H3,(H2,22,23,25). The molecule has 0 radical (unpaired) electrons. The van der Waals surface area contributed by atoms with Gasteiger partial charge in [0.1, 0.15) is 5.82 Å². The predicted octanol–water partition coefficient (Wildman–Crippen LogP) is 3.26. The first-order valence-corrected chi connectivity index (χ1v) is 8.84. The molecule has 0 bridgehead atoms. The van der Waals surface area contributed by atoms with Gasteiger partial charge >= 0.3 is 6.03 Å². The number of halogens is 1. The van der Waals surface area contributed by atoms with E-state index in [-0.39, 0.29) is 36.3 Å². The van der Waals surface area contributed by atoms with Crippen LogP contribution < -0.4 is 15.4 Å². The van der Waals surface area contributed by atoms with Gasteiger partial charge in [0, 0.05) is 13.2 Å². The zero-order chi connectivity index (χ0) is 19.2. The third-order valence-corrected chi connectivity index (χ3v) is 4.55. The third kappa shape index (κ3) is 4.89. The van der Waals surface area contributed by atoms with Gasteiger partial charge in [0.25, 0.3) is 0 Å². The molecular weight excluding hydrogens is 351 g/mol. The number of carbonyl (C=O) groups excluding carboxylic acids is 1. The summed E-state index contributed by atoms with van der Waals surface area (Å²) < 4.78 is 24.0. The van der Waals surface area contributed by atoms with Gasteiger partial charge in [-0.1, -0.05) is 18.2 Å². The van der Waals surface area contributed by atoms with Crippen LogP contribution in [0.15, 0.2) is 42.5 Å². The minimum atomic E-state index is -0.359. The summed E-state index contributed by atoms with van der Waals surface area (Å²) in [5, 5.41) is 15.3. The molecule has 1 aliphatic rings. The molecule has 3 N–H and O–H groups in total. The van der Waals surface area contributed by atoms with Gasteiger partial charge < -0.3 is 25.2 Å². The molecule has 2 unspecified atom stereocenters. The summed E-state index contributed by atoms with van der Waals surface area (Å²) in [6.45, 7) is 0.920. The van der Waals surface area contributed by atoms with E-state index in [1.807, 2.05) is 0 Å². The Bertz CT molecular complexity index is 776. The number of methoxy groups -OCH3 is 1. The third-order valence-electron chi connectivity index (χ3n) is 4.55. The lowest BCUT2D eigenvalue weighted by atomic mass is 9.99. The number of hydrogen-bond acceptors (Lipinski definition) is 4. The molecule has 6 nitrogen and oxygen atoms in total. The average Bonchev–Trinajstić information content (AvgIpc) is 3.21. The molecule has 1 heterocycles. The molecule has 144 valence electrons. The minimum absolute atomic E-state index is 0.0421. The molecular formula is C20H23FN2O4. The first kappa shape index (κ1) is 19.0. The number of rotatable bonds is 6. The summed E-state index contributed by atoms with van der Waals surface area (Å²) >= 11 is 0. The number of urea groups is 1. The number of carbonyl (C=O) groups is 1. The van der Waals surface area contributed by atoms with Crippen molar-refractivity contribution in [2.45, 2.75) is 31.5 Å². The van der Waals surface area contributed by atoms with Crippen molar-refractivity contribution in [2.24, 2.45) is 0 Å². The Labute approximate surface area is 157 Å². The number of phenols is 1. The number of amides is 2. The Hall–Kier alpha value is -2.80. The van der Waals surface area contributed by atoms with Crippen LogP contribution in [0, 0.1) is 5.82 Å². The fraction of sp³-hybridized carbons (Fsp3) is 0.350. The van der Waals surface area contributed by atoms with E-state index >= 15 is 0 Å². The van der Waals surface area contributed by atoms with Crippen molar-refractivity contribution in [1.82, 2.24) is 10.6 Å². The molecule has 2 atom stereocenters. The number of ether oxygens (including phenoxy) is 2. The van der Waals surface area contributed by atoms with E-state index < -0.39 is 0 Å². The fourth-order valence-corrected chi connectivity index (χ4v) is 3.13. The van der Waals surface area contributed by atoms with E-state index in [4.69, 9.17) is 9.47 Å². The normalized spacial score (nSPS) is 17.3. The van der Waals surface area contributed by atoms with Crippen LogP contribution in [-0.2, 0) is 11.3 Å². The van der Waals surface area contributed by atoms with Crippen LogP contribution in [0.25, 0.3) is 0 Å². The number of aromatic hydroxyl groups is 1. The van der Waals surface area contributed by atoms with E-state index in [0.29, 0.717) is 12.4 Å². The summed E-state index contributed by atoms with van der Waals surface area (Å²) in [7, 11) is 1.47. The van der Waals surface area contributed by atoms with Gasteiger partial charge in [-0.25, -0.2) is 9.18 Å². The van der Waals surface area contributed by atoms with Crippen molar-refractivity contribution in [1.29, 1.82) is 0 Å². The van der Waals surface area contributed by atoms with Gasteiger partial charge in [0.05, 0.1) is 19.3 Å². The maximum Gasteiger partial charge on any atom is 0.315 e. The maximum absolute atomic E-state index is 13.2. The van der Waals surface area contributed by atoms with E-state index in [1.54, 1.807) is 24.3 Å². The molecule has 0 saturated carbocycles. The first-order valence-electron chi connectivity index (χ1n) is 8.84. The number of benzene rings is 2. The highest BCUT2D eigenvalue weighted by Gasteiger charge is 2.28. The Balaban J connectivity index is 1.64. The topological polar surface area (TPSA) is 79.8 Å². The van der Waals surface area contributed by atoms with Crippen molar-refractivity contribution in [3.63, 3.8) is 0 Å². The predicted molar refractivity (Wildman–Crippen MR) is 98.1 cm³/mol. The van der Waals surface area contributed by atoms with Crippen LogP contribution in [0.5, 0.6) is 11.5 Å². The summed E-state index contributed by atoms with van der Waals surface area (Å²) in [5.41, 5.74) is 1.58. The van der Waals surface area contributed by atoms with Gasteiger partial charge in [-0.05, 0) is 48.2 Å². The van der Waals surface area contributed by atoms with Crippen molar-refractivity contribution < 1.29 is 23.8 Å². The second-order valence-corrected chi connectivity index (χ2v) is 6.41. The Morgan fingerprint density at radius 3 is 2.78 bits per heavy atom. The van der Waals surface area contributed by atoms with Gasteiger partial charge in [-0.2, -0.15) is 0 Å². The largest absolute Gasteiger partial charge is 0.504 e. The first-order chi connectivity index (χ1) is 13.1. The summed E-state index contributed by atoms with van der Waals surface area (Å²) in [6, 6.07) is 10.2. The number of phenolic OH excluding ortho intramolecular Hbond substituents is 1. The molecule has 27 heavy (non-hydrogen) atoms. The van der Waals surface area contributed by atoms with Crippen LogP contribution >= 0.6 is 0 Å². The number of nitrogens with one attached hydrogen (secondary N) is 2. The van der Waals surface area contributed by atoms with Crippen LogP contribution in [0.1, 0.15) is 30.0 Å². The molecule has 1 fully saturated rings. The average molecular weight is 374 g/mol. The molecule has 1 saturated heterocycles. The number of hydrogen-bond donors (Lipinski definition) is 3. The zero-order valence-electron chi connectivity index (χ0n) is 15.1. The molecule has 2 aromatic carbocycles. The van der Waals surface area contributed by atoms with Crippen LogP contribution in [-0.4, -0.2) is 31.0 Å². The van der Waals surface area contributed by atoms with E-state index in [0.717, 1.165) is 24.0 Å². The van der Waals surface area contributed by atoms with Crippen molar-refractivity contribution in [3.05, 3.63) is 59.4 Å². The second kappa shape index (κ2) is 8.73. The maximum atomic E-state index is 13.2. The van der Waals surface area contributed by atoms with Crippen LogP contribution in [0.2, 0.25) is 0 Å². The van der Waals surface area contributed by atoms with Crippen molar-refractivity contribution in [2.75, 3.05) is 13.7 Å². The fourth-order valence-electron chi connectivity index (χ4n) is 3.13. The summed E-state index contributed by atoms with van der Waals surface area (Å²) in [6.07, 6.45) is 1.62. The second-order valence-electron chi connectivity index (χ2n) is 6.41. The van der Waals surface area contributed by atoms with E-state index in [1.165, 1.54) is 25.3 Å². The summed E-state index contributed by atoms with van der Waals surface area (Å²) in [5.74, 6) is 0.0641. The van der Waals surface area contributed by atoms with E-state index in [9.17, 15) is 14.3 Å². The lowest BCUT2D eigenvalue weighted by Gasteiger charge is -2.25. The molecule has 2 aromatic rings. The van der Waals surface area contributed by atoms with Crippen LogP contribution in [0.3, 0.4) is 0 Å². The zero-order valence-corrected chi connectivity index (χ0v) is 15.1. The van der Waals surface area contributed by atoms with Gasteiger partial charge in [-0.3, -0.25) is 0 Å².